The smallest absolute Gasteiger partial charge is 0.338 e. The summed E-state index contributed by atoms with van der Waals surface area (Å²) in [4.78, 5) is 72.1. The molecular weight excluding hydrogens is 604 g/mol. The molecule has 3 unspecified atom stereocenters. The summed E-state index contributed by atoms with van der Waals surface area (Å²) in [7, 11) is 3.87. The number of thioether (sulfide) groups is 1. The number of hydrogen-bond donors (Lipinski definition) is 0. The molecule has 230 valence electrons. The molecule has 2 fully saturated rings. The Hall–Kier alpha value is -3.94. The molecule has 0 N–H and O–H groups in total. The zero-order valence-electron chi connectivity index (χ0n) is 24.6. The molecule has 3 aliphatic heterocycles. The molecular formula is C31H32N4O7S2. The molecule has 13 heteroatoms. The minimum Gasteiger partial charge on any atom is -0.462 e. The lowest BCUT2D eigenvalue weighted by molar-refractivity contribution is -0.136. The second kappa shape index (κ2) is 12.2. The van der Waals surface area contributed by atoms with E-state index in [2.05, 4.69) is 0 Å². The number of anilines is 2. The third kappa shape index (κ3) is 5.33. The van der Waals surface area contributed by atoms with Gasteiger partial charge in [-0.3, -0.25) is 23.7 Å². The number of carbonyl (C=O) groups excluding carboxylic acids is 4. The summed E-state index contributed by atoms with van der Waals surface area (Å²) in [5.41, 5.74) is 2.44. The zero-order chi connectivity index (χ0) is 31.1. The number of esters is 1. The molecule has 44 heavy (non-hydrogen) atoms. The Morgan fingerprint density at radius 1 is 0.977 bits per heavy atom. The molecule has 3 aliphatic rings. The standard InChI is InChI=1S/C31H32N4O7S2/c1-4-42-30(39)19-7-11-21(12-8-19)35-27(37)24-23(18-5-9-20(10-6-18)32(2)3)26-29(43-25(24)28(35)38)34(31(40)44-26)17-22(36)33-13-15-41-16-14-33/h5-12,23-25H,4,13-17H2,1-3H3. The Bertz CT molecular complexity index is 1660. The SMILES string of the molecule is CCOC(=O)c1ccc(N2C(=O)C3Sc4c(sc(=O)n4CC(=O)N4CCOCC4)C(c4ccc(N(C)C)cc4)C3C2=O)cc1. The maximum Gasteiger partial charge on any atom is 0.338 e. The van der Waals surface area contributed by atoms with Gasteiger partial charge in [0.2, 0.25) is 17.7 Å². The molecule has 4 heterocycles. The Labute approximate surface area is 262 Å². The van der Waals surface area contributed by atoms with E-state index in [-0.39, 0.29) is 29.8 Å². The number of morpholine rings is 1. The van der Waals surface area contributed by atoms with E-state index < -0.39 is 29.0 Å². The minimum absolute atomic E-state index is 0.150. The van der Waals surface area contributed by atoms with Crippen molar-refractivity contribution in [3.8, 4) is 0 Å². The van der Waals surface area contributed by atoms with Crippen molar-refractivity contribution in [3.05, 3.63) is 74.2 Å². The van der Waals surface area contributed by atoms with Crippen LogP contribution in [-0.4, -0.2) is 85.4 Å². The first-order chi connectivity index (χ1) is 21.2. The average molecular weight is 637 g/mol. The molecule has 0 aliphatic carbocycles. The van der Waals surface area contributed by atoms with E-state index in [0.29, 0.717) is 47.5 Å². The number of benzene rings is 2. The molecule has 2 saturated heterocycles. The summed E-state index contributed by atoms with van der Waals surface area (Å²) in [6, 6.07) is 14.0. The van der Waals surface area contributed by atoms with Crippen molar-refractivity contribution in [1.82, 2.24) is 9.47 Å². The van der Waals surface area contributed by atoms with Gasteiger partial charge in [0.15, 0.2) is 0 Å². The number of fused-ring (bicyclic) bond motifs is 2. The molecule has 3 atom stereocenters. The van der Waals surface area contributed by atoms with Crippen molar-refractivity contribution in [1.29, 1.82) is 0 Å². The highest BCUT2D eigenvalue weighted by Gasteiger charge is 2.56. The molecule has 1 aromatic heterocycles. The van der Waals surface area contributed by atoms with Gasteiger partial charge in [-0.1, -0.05) is 35.2 Å². The highest BCUT2D eigenvalue weighted by Crippen LogP contribution is 2.54. The van der Waals surface area contributed by atoms with Crippen LogP contribution in [0.25, 0.3) is 0 Å². The first kappa shape index (κ1) is 30.1. The summed E-state index contributed by atoms with van der Waals surface area (Å²) >= 11 is 2.20. The highest BCUT2D eigenvalue weighted by molar-refractivity contribution is 8.00. The normalized spacial score (nSPS) is 21.2. The maximum atomic E-state index is 14.2. The fourth-order valence-electron chi connectivity index (χ4n) is 5.86. The Morgan fingerprint density at radius 2 is 1.66 bits per heavy atom. The lowest BCUT2D eigenvalue weighted by Gasteiger charge is -2.31. The number of imide groups is 1. The van der Waals surface area contributed by atoms with Gasteiger partial charge in [0.1, 0.15) is 11.8 Å². The van der Waals surface area contributed by atoms with Gasteiger partial charge >= 0.3 is 10.8 Å². The number of aromatic nitrogens is 1. The summed E-state index contributed by atoms with van der Waals surface area (Å²) < 4.78 is 11.9. The van der Waals surface area contributed by atoms with Gasteiger partial charge in [-0.15, -0.1) is 0 Å². The van der Waals surface area contributed by atoms with Crippen molar-refractivity contribution in [2.75, 3.05) is 56.8 Å². The molecule has 3 amide bonds. The van der Waals surface area contributed by atoms with E-state index in [0.717, 1.165) is 22.6 Å². The van der Waals surface area contributed by atoms with E-state index in [4.69, 9.17) is 9.47 Å². The zero-order valence-corrected chi connectivity index (χ0v) is 26.2. The Kier molecular flexibility index (Phi) is 8.36. The van der Waals surface area contributed by atoms with Crippen LogP contribution in [0.2, 0.25) is 0 Å². The first-order valence-electron chi connectivity index (χ1n) is 14.4. The number of amides is 3. The predicted molar refractivity (Wildman–Crippen MR) is 167 cm³/mol. The van der Waals surface area contributed by atoms with Gasteiger partial charge in [-0.05, 0) is 48.9 Å². The first-order valence-corrected chi connectivity index (χ1v) is 16.1. The Morgan fingerprint density at radius 3 is 2.30 bits per heavy atom. The summed E-state index contributed by atoms with van der Waals surface area (Å²) in [6.45, 7) is 3.59. The third-order valence-corrected chi connectivity index (χ3v) is 10.7. The van der Waals surface area contributed by atoms with E-state index >= 15 is 0 Å². The van der Waals surface area contributed by atoms with Crippen LogP contribution in [0.1, 0.15) is 33.6 Å². The van der Waals surface area contributed by atoms with Gasteiger partial charge in [0.05, 0.1) is 42.0 Å². The fourth-order valence-corrected chi connectivity index (χ4v) is 8.63. The largest absolute Gasteiger partial charge is 0.462 e. The number of carbonyl (C=O) groups is 4. The molecule has 2 aromatic carbocycles. The molecule has 0 saturated carbocycles. The summed E-state index contributed by atoms with van der Waals surface area (Å²) in [5.74, 6) is -2.79. The van der Waals surface area contributed by atoms with Crippen molar-refractivity contribution in [2.45, 2.75) is 29.7 Å². The minimum atomic E-state index is -0.808. The number of ether oxygens (including phenoxy) is 2. The maximum absolute atomic E-state index is 14.2. The lowest BCUT2D eigenvalue weighted by Crippen LogP contribution is -2.43. The van der Waals surface area contributed by atoms with Gasteiger partial charge in [-0.2, -0.15) is 0 Å². The summed E-state index contributed by atoms with van der Waals surface area (Å²) in [5, 5.41) is -0.262. The van der Waals surface area contributed by atoms with Crippen LogP contribution in [0.3, 0.4) is 0 Å². The molecule has 6 rings (SSSR count). The number of hydrogen-bond acceptors (Lipinski definition) is 10. The van der Waals surface area contributed by atoms with Crippen LogP contribution in [0.5, 0.6) is 0 Å². The molecule has 0 radical (unpaired) electrons. The molecule has 11 nitrogen and oxygen atoms in total. The fraction of sp³-hybridized carbons (Fsp3) is 0.387. The van der Waals surface area contributed by atoms with E-state index in [9.17, 15) is 24.0 Å². The van der Waals surface area contributed by atoms with Gasteiger partial charge in [0, 0.05) is 43.7 Å². The van der Waals surface area contributed by atoms with Crippen LogP contribution < -0.4 is 14.7 Å². The molecule has 0 bridgehead atoms. The Balaban J connectivity index is 1.39. The predicted octanol–water partition coefficient (Wildman–Crippen LogP) is 2.81. The second-order valence-corrected chi connectivity index (χ2v) is 13.0. The van der Waals surface area contributed by atoms with E-state index in [1.165, 1.54) is 33.4 Å². The molecule has 3 aromatic rings. The van der Waals surface area contributed by atoms with Crippen molar-refractivity contribution in [2.24, 2.45) is 5.92 Å². The quantitative estimate of drug-likeness (QED) is 0.285. The number of thiazole rings is 1. The monoisotopic (exact) mass is 636 g/mol. The lowest BCUT2D eigenvalue weighted by atomic mass is 9.83. The van der Waals surface area contributed by atoms with E-state index in [1.807, 2.05) is 43.3 Å². The van der Waals surface area contributed by atoms with Gasteiger partial charge in [0.25, 0.3) is 0 Å². The van der Waals surface area contributed by atoms with Crippen molar-refractivity contribution in [3.63, 3.8) is 0 Å². The highest BCUT2D eigenvalue weighted by atomic mass is 32.2. The van der Waals surface area contributed by atoms with Gasteiger partial charge < -0.3 is 19.3 Å². The molecule has 0 spiro atoms. The number of rotatable bonds is 7. The number of nitrogens with zero attached hydrogens (tertiary/aromatic N) is 4. The van der Waals surface area contributed by atoms with Crippen molar-refractivity contribution >= 4 is 58.2 Å². The van der Waals surface area contributed by atoms with Crippen LogP contribution in [0.4, 0.5) is 11.4 Å². The van der Waals surface area contributed by atoms with Crippen molar-refractivity contribution < 1.29 is 28.7 Å². The average Bonchev–Trinajstić information content (AvgIpc) is 3.47. The topological polar surface area (TPSA) is 118 Å². The van der Waals surface area contributed by atoms with Crippen LogP contribution >= 0.6 is 23.1 Å². The van der Waals surface area contributed by atoms with E-state index in [1.54, 1.807) is 24.0 Å². The van der Waals surface area contributed by atoms with Crippen LogP contribution in [0, 0.1) is 5.92 Å². The second-order valence-electron chi connectivity index (χ2n) is 10.9. The third-order valence-electron chi connectivity index (χ3n) is 8.11. The van der Waals surface area contributed by atoms with Gasteiger partial charge in [-0.25, -0.2) is 9.69 Å². The van der Waals surface area contributed by atoms with Crippen LogP contribution in [0.15, 0.2) is 58.4 Å². The summed E-state index contributed by atoms with van der Waals surface area (Å²) in [6.07, 6.45) is 0. The van der Waals surface area contributed by atoms with Crippen LogP contribution in [-0.2, 0) is 30.4 Å².